The van der Waals surface area contributed by atoms with Crippen LogP contribution >= 0.6 is 0 Å². The molecule has 1 fully saturated rings. The molecule has 102 valence electrons. The molecular weight excluding hydrogens is 214 g/mol. The Hall–Kier alpha value is -0.160. The summed E-state index contributed by atoms with van der Waals surface area (Å²) in [6.07, 6.45) is 2.13. The number of likely N-dealkylation sites (tertiary alicyclic amines) is 1. The molecule has 1 aliphatic rings. The van der Waals surface area contributed by atoms with Gasteiger partial charge >= 0.3 is 0 Å². The van der Waals surface area contributed by atoms with Crippen LogP contribution < -0.4 is 5.73 Å². The van der Waals surface area contributed by atoms with Gasteiger partial charge in [0.05, 0.1) is 0 Å². The molecule has 2 N–H and O–H groups in total. The van der Waals surface area contributed by atoms with Gasteiger partial charge in [-0.15, -0.1) is 0 Å². The lowest BCUT2D eigenvalue weighted by Crippen LogP contribution is -2.38. The first kappa shape index (κ1) is 14.9. The van der Waals surface area contributed by atoms with Gasteiger partial charge in [0.15, 0.2) is 0 Å². The number of hydrogen-bond donors (Lipinski definition) is 1. The van der Waals surface area contributed by atoms with Crippen molar-refractivity contribution in [2.75, 3.05) is 47.4 Å². The number of hydrogen-bond acceptors (Lipinski definition) is 4. The Kier molecular flexibility index (Phi) is 6.41. The Balaban J connectivity index is 2.24. The van der Waals surface area contributed by atoms with Crippen LogP contribution in [-0.4, -0.2) is 69.3 Å². The Morgan fingerprint density at radius 2 is 2.12 bits per heavy atom. The maximum absolute atomic E-state index is 6.15. The molecule has 1 aliphatic heterocycles. The number of methoxy groups -OCH3 is 1. The van der Waals surface area contributed by atoms with Gasteiger partial charge in [0.2, 0.25) is 0 Å². The minimum atomic E-state index is 0.290. The highest BCUT2D eigenvalue weighted by molar-refractivity contribution is 4.87. The van der Waals surface area contributed by atoms with Crippen molar-refractivity contribution in [3.05, 3.63) is 0 Å². The first-order chi connectivity index (χ1) is 8.04. The van der Waals surface area contributed by atoms with Crippen molar-refractivity contribution < 1.29 is 4.74 Å². The number of rotatable bonds is 7. The second kappa shape index (κ2) is 7.31. The van der Waals surface area contributed by atoms with Gasteiger partial charge in [0.1, 0.15) is 0 Å². The van der Waals surface area contributed by atoms with Crippen molar-refractivity contribution in [1.82, 2.24) is 9.80 Å². The van der Waals surface area contributed by atoms with Crippen LogP contribution in [0, 0.1) is 5.92 Å². The molecular formula is C13H29N3O. The third kappa shape index (κ3) is 4.92. The van der Waals surface area contributed by atoms with Crippen LogP contribution in [0.2, 0.25) is 0 Å². The highest BCUT2D eigenvalue weighted by atomic mass is 16.5. The second-order valence-electron chi connectivity index (χ2n) is 5.62. The summed E-state index contributed by atoms with van der Waals surface area (Å²) in [6.45, 7) is 6.52. The molecule has 1 heterocycles. The van der Waals surface area contributed by atoms with E-state index in [1.54, 1.807) is 7.11 Å². The van der Waals surface area contributed by atoms with Crippen LogP contribution in [0.4, 0.5) is 0 Å². The second-order valence-corrected chi connectivity index (χ2v) is 5.62. The fourth-order valence-electron chi connectivity index (χ4n) is 2.78. The lowest BCUT2D eigenvalue weighted by Gasteiger charge is -2.23. The molecule has 0 bridgehead atoms. The summed E-state index contributed by atoms with van der Waals surface area (Å²) in [5, 5.41) is 0. The van der Waals surface area contributed by atoms with Crippen molar-refractivity contribution >= 4 is 0 Å². The predicted molar refractivity (Wildman–Crippen MR) is 72.2 cm³/mol. The number of ether oxygens (including phenoxy) is 1. The van der Waals surface area contributed by atoms with E-state index < -0.39 is 0 Å². The number of likely N-dealkylation sites (N-methyl/N-ethyl adjacent to an activating group) is 1. The molecule has 4 heteroatoms. The molecule has 0 aliphatic carbocycles. The Bertz CT molecular complexity index is 211. The van der Waals surface area contributed by atoms with Crippen molar-refractivity contribution in [2.45, 2.75) is 31.8 Å². The van der Waals surface area contributed by atoms with Gasteiger partial charge in [-0.1, -0.05) is 6.92 Å². The largest absolute Gasteiger partial charge is 0.385 e. The van der Waals surface area contributed by atoms with Gasteiger partial charge in [-0.3, -0.25) is 4.90 Å². The van der Waals surface area contributed by atoms with E-state index in [1.807, 2.05) is 0 Å². The zero-order chi connectivity index (χ0) is 12.8. The van der Waals surface area contributed by atoms with E-state index in [1.165, 1.54) is 6.54 Å². The monoisotopic (exact) mass is 243 g/mol. The highest BCUT2D eigenvalue weighted by Crippen LogP contribution is 2.20. The molecule has 0 radical (unpaired) electrons. The molecule has 0 aromatic carbocycles. The molecule has 17 heavy (non-hydrogen) atoms. The summed E-state index contributed by atoms with van der Waals surface area (Å²) in [6, 6.07) is 0.972. The number of nitrogens with two attached hydrogens (primary N) is 1. The van der Waals surface area contributed by atoms with E-state index in [-0.39, 0.29) is 0 Å². The third-order valence-electron chi connectivity index (χ3n) is 3.73. The average Bonchev–Trinajstić information content (AvgIpc) is 2.60. The van der Waals surface area contributed by atoms with Crippen molar-refractivity contribution in [1.29, 1.82) is 0 Å². The average molecular weight is 243 g/mol. The van der Waals surface area contributed by atoms with E-state index >= 15 is 0 Å². The zero-order valence-electron chi connectivity index (χ0n) is 11.9. The lowest BCUT2D eigenvalue weighted by molar-refractivity contribution is 0.186. The third-order valence-corrected chi connectivity index (χ3v) is 3.73. The van der Waals surface area contributed by atoms with E-state index in [9.17, 15) is 0 Å². The van der Waals surface area contributed by atoms with Crippen LogP contribution in [0.1, 0.15) is 19.8 Å². The standard InChI is InChI=1S/C13H29N3O/c1-11-8-16(10-13(11)15(2)3)9-12(14)6-5-7-17-4/h11-13H,5-10,14H2,1-4H3. The molecule has 0 amide bonds. The van der Waals surface area contributed by atoms with Crippen molar-refractivity contribution in [3.63, 3.8) is 0 Å². The number of nitrogens with zero attached hydrogens (tertiary/aromatic N) is 2. The van der Waals surface area contributed by atoms with Gasteiger partial charge in [-0.25, -0.2) is 0 Å². The lowest BCUT2D eigenvalue weighted by atomic mass is 10.1. The maximum Gasteiger partial charge on any atom is 0.0462 e. The molecule has 1 saturated heterocycles. The minimum absolute atomic E-state index is 0.290. The molecule has 0 saturated carbocycles. The first-order valence-corrected chi connectivity index (χ1v) is 6.68. The molecule has 0 spiro atoms. The van der Waals surface area contributed by atoms with Gasteiger partial charge < -0.3 is 15.4 Å². The van der Waals surface area contributed by atoms with Crippen molar-refractivity contribution in [3.8, 4) is 0 Å². The summed E-state index contributed by atoms with van der Waals surface area (Å²) < 4.78 is 5.05. The fraction of sp³-hybridized carbons (Fsp3) is 1.00. The predicted octanol–water partition coefficient (Wildman–Crippen LogP) is 0.622. The van der Waals surface area contributed by atoms with Crippen molar-refractivity contribution in [2.24, 2.45) is 11.7 Å². The first-order valence-electron chi connectivity index (χ1n) is 6.68. The van der Waals surface area contributed by atoms with E-state index in [4.69, 9.17) is 10.5 Å². The van der Waals surface area contributed by atoms with E-state index in [0.717, 1.165) is 38.5 Å². The molecule has 3 atom stereocenters. The normalized spacial score (nSPS) is 27.9. The van der Waals surface area contributed by atoms with Gasteiger partial charge in [0, 0.05) is 45.4 Å². The fourth-order valence-corrected chi connectivity index (χ4v) is 2.78. The van der Waals surface area contributed by atoms with Crippen LogP contribution in [0.5, 0.6) is 0 Å². The topological polar surface area (TPSA) is 41.7 Å². The Morgan fingerprint density at radius 3 is 2.65 bits per heavy atom. The van der Waals surface area contributed by atoms with Gasteiger partial charge in [-0.05, 0) is 32.9 Å². The maximum atomic E-state index is 6.15. The van der Waals surface area contributed by atoms with E-state index in [0.29, 0.717) is 12.1 Å². The summed E-state index contributed by atoms with van der Waals surface area (Å²) >= 11 is 0. The summed E-state index contributed by atoms with van der Waals surface area (Å²) in [5.74, 6) is 0.746. The van der Waals surface area contributed by atoms with Gasteiger partial charge in [0.25, 0.3) is 0 Å². The van der Waals surface area contributed by atoms with Crippen LogP contribution in [0.15, 0.2) is 0 Å². The quantitative estimate of drug-likeness (QED) is 0.666. The highest BCUT2D eigenvalue weighted by Gasteiger charge is 2.31. The van der Waals surface area contributed by atoms with Crippen LogP contribution in [-0.2, 0) is 4.74 Å². The Morgan fingerprint density at radius 1 is 1.41 bits per heavy atom. The zero-order valence-corrected chi connectivity index (χ0v) is 11.9. The smallest absolute Gasteiger partial charge is 0.0462 e. The minimum Gasteiger partial charge on any atom is -0.385 e. The SMILES string of the molecule is COCCCC(N)CN1CC(C)C(N(C)C)C1. The molecule has 0 aromatic rings. The molecule has 3 unspecified atom stereocenters. The van der Waals surface area contributed by atoms with Crippen LogP contribution in [0.3, 0.4) is 0 Å². The molecule has 1 rings (SSSR count). The summed E-state index contributed by atoms with van der Waals surface area (Å²) in [5.41, 5.74) is 6.15. The van der Waals surface area contributed by atoms with Gasteiger partial charge in [-0.2, -0.15) is 0 Å². The summed E-state index contributed by atoms with van der Waals surface area (Å²) in [7, 11) is 6.09. The summed E-state index contributed by atoms with van der Waals surface area (Å²) in [4.78, 5) is 4.84. The molecule has 4 nitrogen and oxygen atoms in total. The Labute approximate surface area is 106 Å². The van der Waals surface area contributed by atoms with E-state index in [2.05, 4.69) is 30.8 Å². The molecule has 0 aromatic heterocycles. The van der Waals surface area contributed by atoms with Crippen LogP contribution in [0.25, 0.3) is 0 Å².